The van der Waals surface area contributed by atoms with Crippen molar-refractivity contribution in [1.82, 2.24) is 0 Å². The number of rotatable bonds is 6. The van der Waals surface area contributed by atoms with Gasteiger partial charge in [0.1, 0.15) is 6.79 Å². The monoisotopic (exact) mass is 214 g/mol. The molecular formula is C5H11O7P. The van der Waals surface area contributed by atoms with Crippen molar-refractivity contribution in [2.24, 2.45) is 0 Å². The number of hydrogen-bond acceptors (Lipinski definition) is 7. The summed E-state index contributed by atoms with van der Waals surface area (Å²) in [6, 6.07) is 0. The van der Waals surface area contributed by atoms with Gasteiger partial charge in [-0.3, -0.25) is 13.6 Å². The Morgan fingerprint density at radius 1 is 1.15 bits per heavy atom. The summed E-state index contributed by atoms with van der Waals surface area (Å²) in [4.78, 5) is 0. The average Bonchev–Trinajstić information content (AvgIpc) is 2.19. The maximum Gasteiger partial charge on any atom is 0.339 e. The Bertz CT molecular complexity index is 117. The Morgan fingerprint density at radius 3 is 2.62 bits per heavy atom. The van der Waals surface area contributed by atoms with E-state index < -0.39 is 8.60 Å². The molecule has 7 nitrogen and oxygen atoms in total. The van der Waals surface area contributed by atoms with Gasteiger partial charge in [-0.25, -0.2) is 0 Å². The molecule has 0 bridgehead atoms. The average molecular weight is 214 g/mol. The van der Waals surface area contributed by atoms with Gasteiger partial charge in [-0.05, 0) is 0 Å². The van der Waals surface area contributed by atoms with E-state index in [4.69, 9.17) is 28.2 Å². The molecule has 1 heterocycles. The molecule has 0 unspecified atom stereocenters. The number of aliphatic hydroxyl groups excluding tert-OH is 1. The van der Waals surface area contributed by atoms with E-state index >= 15 is 0 Å². The van der Waals surface area contributed by atoms with Gasteiger partial charge in [0, 0.05) is 0 Å². The van der Waals surface area contributed by atoms with Crippen LogP contribution < -0.4 is 0 Å². The molecule has 8 heteroatoms. The second-order valence-corrected chi connectivity index (χ2v) is 3.05. The molecule has 0 atom stereocenters. The first-order valence-electron chi connectivity index (χ1n) is 3.46. The van der Waals surface area contributed by atoms with Gasteiger partial charge < -0.3 is 19.3 Å². The molecule has 0 saturated carbocycles. The maximum absolute atomic E-state index is 8.21. The fourth-order valence-electron chi connectivity index (χ4n) is 0.517. The van der Waals surface area contributed by atoms with E-state index in [1.54, 1.807) is 0 Å². The SMILES string of the molecule is OCOCOCOP1OCOCO1. The highest BCUT2D eigenvalue weighted by molar-refractivity contribution is 7.41. The van der Waals surface area contributed by atoms with Crippen LogP contribution in [0.3, 0.4) is 0 Å². The molecule has 0 spiro atoms. The molecule has 1 fully saturated rings. The minimum absolute atomic E-state index is 0.00823. The summed E-state index contributed by atoms with van der Waals surface area (Å²) in [5.41, 5.74) is 0. The third-order valence-electron chi connectivity index (χ3n) is 0.982. The largest absolute Gasteiger partial charge is 0.371 e. The Balaban J connectivity index is 1.86. The summed E-state index contributed by atoms with van der Waals surface area (Å²) < 4.78 is 28.8. The Hall–Kier alpha value is 0.150. The lowest BCUT2D eigenvalue weighted by Crippen LogP contribution is -2.11. The highest BCUT2D eigenvalue weighted by atomic mass is 31.2. The summed E-state index contributed by atoms with van der Waals surface area (Å²) in [6.07, 6.45) is 0. The van der Waals surface area contributed by atoms with Crippen molar-refractivity contribution in [2.45, 2.75) is 0 Å². The lowest BCUT2D eigenvalue weighted by atomic mass is 11.3. The minimum atomic E-state index is -1.36. The quantitative estimate of drug-likeness (QED) is 0.382. The van der Waals surface area contributed by atoms with Gasteiger partial charge in [-0.1, -0.05) is 0 Å². The fourth-order valence-corrected chi connectivity index (χ4v) is 1.22. The van der Waals surface area contributed by atoms with Gasteiger partial charge in [0.05, 0.1) is 0 Å². The van der Waals surface area contributed by atoms with E-state index in [1.807, 2.05) is 0 Å². The fraction of sp³-hybridized carbons (Fsp3) is 1.00. The molecule has 0 amide bonds. The van der Waals surface area contributed by atoms with Gasteiger partial charge in [-0.15, -0.1) is 0 Å². The van der Waals surface area contributed by atoms with Crippen LogP contribution in [0, 0.1) is 0 Å². The lowest BCUT2D eigenvalue weighted by Gasteiger charge is -2.20. The Morgan fingerprint density at radius 2 is 1.92 bits per heavy atom. The Labute approximate surface area is 76.4 Å². The molecule has 13 heavy (non-hydrogen) atoms. The van der Waals surface area contributed by atoms with Crippen LogP contribution in [0.2, 0.25) is 0 Å². The molecule has 0 aliphatic carbocycles. The smallest absolute Gasteiger partial charge is 0.339 e. The topological polar surface area (TPSA) is 75.6 Å². The molecule has 1 rings (SSSR count). The summed E-state index contributed by atoms with van der Waals surface area (Å²) in [5, 5.41) is 8.21. The molecule has 0 aromatic carbocycles. The van der Waals surface area contributed by atoms with Crippen molar-refractivity contribution in [2.75, 3.05) is 34.0 Å². The van der Waals surface area contributed by atoms with Crippen LogP contribution in [0.4, 0.5) is 0 Å². The van der Waals surface area contributed by atoms with E-state index in [0.29, 0.717) is 0 Å². The second-order valence-electron chi connectivity index (χ2n) is 1.82. The minimum Gasteiger partial charge on any atom is -0.371 e. The van der Waals surface area contributed by atoms with Crippen LogP contribution >= 0.6 is 8.60 Å². The molecule has 1 saturated heterocycles. The zero-order valence-electron chi connectivity index (χ0n) is 6.88. The van der Waals surface area contributed by atoms with Crippen LogP contribution in [0.25, 0.3) is 0 Å². The molecule has 78 valence electrons. The first kappa shape index (κ1) is 11.2. The van der Waals surface area contributed by atoms with Gasteiger partial charge >= 0.3 is 8.60 Å². The standard InChI is InChI=1S/C5H11O7P/c6-1-7-2-8-3-10-13-11-4-9-5-12-13/h6H,1-5H2. The molecule has 1 N–H and O–H groups in total. The molecule has 1 aliphatic heterocycles. The van der Waals surface area contributed by atoms with Crippen LogP contribution in [0.5, 0.6) is 0 Å². The molecule has 0 radical (unpaired) electrons. The van der Waals surface area contributed by atoms with Crippen molar-refractivity contribution < 1.29 is 32.9 Å². The van der Waals surface area contributed by atoms with Crippen molar-refractivity contribution in [3.8, 4) is 0 Å². The van der Waals surface area contributed by atoms with Crippen LogP contribution in [0.15, 0.2) is 0 Å². The van der Waals surface area contributed by atoms with Crippen molar-refractivity contribution >= 4 is 8.60 Å². The van der Waals surface area contributed by atoms with Crippen molar-refractivity contribution in [1.29, 1.82) is 0 Å². The first-order valence-corrected chi connectivity index (χ1v) is 4.56. The Kier molecular flexibility index (Phi) is 6.51. The summed E-state index contributed by atoms with van der Waals surface area (Å²) >= 11 is 0. The summed E-state index contributed by atoms with van der Waals surface area (Å²) in [7, 11) is -1.36. The lowest BCUT2D eigenvalue weighted by molar-refractivity contribution is -0.151. The maximum atomic E-state index is 8.21. The van der Waals surface area contributed by atoms with Gasteiger partial charge in [-0.2, -0.15) is 0 Å². The first-order chi connectivity index (χ1) is 6.43. The van der Waals surface area contributed by atoms with E-state index in [-0.39, 0.29) is 34.0 Å². The molecular weight excluding hydrogens is 203 g/mol. The van der Waals surface area contributed by atoms with Crippen LogP contribution in [0.1, 0.15) is 0 Å². The normalized spacial score (nSPS) is 19.2. The van der Waals surface area contributed by atoms with Crippen molar-refractivity contribution in [3.05, 3.63) is 0 Å². The molecule has 0 aromatic rings. The zero-order chi connectivity index (χ0) is 9.36. The van der Waals surface area contributed by atoms with Crippen LogP contribution in [-0.2, 0) is 27.8 Å². The molecule has 1 aliphatic rings. The zero-order valence-corrected chi connectivity index (χ0v) is 7.77. The van der Waals surface area contributed by atoms with E-state index in [9.17, 15) is 0 Å². The number of aliphatic hydroxyl groups is 1. The summed E-state index contributed by atoms with van der Waals surface area (Å²) in [5.74, 6) is 0. The predicted octanol–water partition coefficient (Wildman–Crippen LogP) is 0.106. The number of ether oxygens (including phenoxy) is 3. The summed E-state index contributed by atoms with van der Waals surface area (Å²) in [6.45, 7) is -0.0881. The highest BCUT2D eigenvalue weighted by Gasteiger charge is 2.16. The van der Waals surface area contributed by atoms with E-state index in [1.165, 1.54) is 0 Å². The van der Waals surface area contributed by atoms with Crippen LogP contribution in [-0.4, -0.2) is 39.1 Å². The third-order valence-corrected chi connectivity index (χ3v) is 1.93. The van der Waals surface area contributed by atoms with Gasteiger partial charge in [0.2, 0.25) is 0 Å². The van der Waals surface area contributed by atoms with Crippen molar-refractivity contribution in [3.63, 3.8) is 0 Å². The number of hydrogen-bond donors (Lipinski definition) is 1. The predicted molar refractivity (Wildman–Crippen MR) is 40.0 cm³/mol. The van der Waals surface area contributed by atoms with E-state index in [0.717, 1.165) is 0 Å². The van der Waals surface area contributed by atoms with Gasteiger partial charge in [0.25, 0.3) is 0 Å². The van der Waals surface area contributed by atoms with Gasteiger partial charge in [0.15, 0.2) is 27.2 Å². The second kappa shape index (κ2) is 7.54. The van der Waals surface area contributed by atoms with E-state index in [2.05, 4.69) is 4.74 Å². The third kappa shape index (κ3) is 5.45. The highest BCUT2D eigenvalue weighted by Crippen LogP contribution is 2.41. The molecule has 0 aromatic heterocycles.